The predicted octanol–water partition coefficient (Wildman–Crippen LogP) is 4.28. The van der Waals surface area contributed by atoms with Crippen LogP contribution in [0.1, 0.15) is 30.4 Å². The molecule has 5 nitrogen and oxygen atoms in total. The van der Waals surface area contributed by atoms with Gasteiger partial charge in [0.15, 0.2) is 11.5 Å². The lowest BCUT2D eigenvalue weighted by molar-refractivity contribution is -0.127. The monoisotopic (exact) mass is 464 g/mol. The Balaban J connectivity index is 1.50. The highest BCUT2D eigenvalue weighted by Gasteiger charge is 2.19. The zero-order chi connectivity index (χ0) is 20.6. The third-order valence-corrected chi connectivity index (χ3v) is 5.46. The van der Waals surface area contributed by atoms with Crippen molar-refractivity contribution in [2.75, 3.05) is 26.7 Å². The van der Waals surface area contributed by atoms with Crippen molar-refractivity contribution < 1.29 is 18.7 Å². The number of hydrogen-bond acceptors (Lipinski definition) is 4. The predicted molar refractivity (Wildman–Crippen MR) is 114 cm³/mol. The Kier molecular flexibility index (Phi) is 7.89. The highest BCUT2D eigenvalue weighted by molar-refractivity contribution is 9.10. The zero-order valence-corrected chi connectivity index (χ0v) is 18.1. The van der Waals surface area contributed by atoms with Gasteiger partial charge in [0, 0.05) is 26.1 Å². The highest BCUT2D eigenvalue weighted by Crippen LogP contribution is 2.37. The third kappa shape index (κ3) is 6.18. The van der Waals surface area contributed by atoms with E-state index < -0.39 is 0 Å². The van der Waals surface area contributed by atoms with E-state index >= 15 is 0 Å². The van der Waals surface area contributed by atoms with Crippen molar-refractivity contribution in [3.63, 3.8) is 0 Å². The van der Waals surface area contributed by atoms with Crippen LogP contribution < -0.4 is 14.8 Å². The number of carbonyl (C=O) groups excluding carboxylic acids is 1. The molecule has 0 spiro atoms. The first-order chi connectivity index (χ1) is 14.1. The lowest BCUT2D eigenvalue weighted by atomic mass is 10.2. The average Bonchev–Trinajstić information content (AvgIpc) is 3.12. The molecular formula is C22H26BrFN2O3. The maximum atomic E-state index is 13.0. The molecule has 1 aliphatic heterocycles. The summed E-state index contributed by atoms with van der Waals surface area (Å²) in [6.07, 6.45) is 2.61. The lowest BCUT2D eigenvalue weighted by Crippen LogP contribution is -2.28. The van der Waals surface area contributed by atoms with Crippen LogP contribution in [0.15, 0.2) is 40.9 Å². The van der Waals surface area contributed by atoms with Crippen LogP contribution in [0.25, 0.3) is 0 Å². The van der Waals surface area contributed by atoms with E-state index in [2.05, 4.69) is 21.2 Å². The fraction of sp³-hybridized carbons (Fsp3) is 0.409. The SMILES string of the molecule is COc1cc(CNCCCN2CCCC2=O)cc(Br)c1OCc1ccc(F)cc1. The zero-order valence-electron chi connectivity index (χ0n) is 16.5. The molecule has 1 saturated heterocycles. The number of amides is 1. The van der Waals surface area contributed by atoms with Crippen LogP contribution in [0.5, 0.6) is 11.5 Å². The van der Waals surface area contributed by atoms with Crippen molar-refractivity contribution in [1.29, 1.82) is 0 Å². The summed E-state index contributed by atoms with van der Waals surface area (Å²) in [5.41, 5.74) is 1.95. The average molecular weight is 465 g/mol. The quantitative estimate of drug-likeness (QED) is 0.533. The number of nitrogens with zero attached hydrogens (tertiary/aromatic N) is 1. The Morgan fingerprint density at radius 3 is 2.69 bits per heavy atom. The van der Waals surface area contributed by atoms with Crippen LogP contribution in [0.4, 0.5) is 4.39 Å². The summed E-state index contributed by atoms with van der Waals surface area (Å²) in [5, 5.41) is 3.41. The summed E-state index contributed by atoms with van der Waals surface area (Å²) in [7, 11) is 1.61. The number of halogens is 2. The van der Waals surface area contributed by atoms with E-state index in [1.807, 2.05) is 17.0 Å². The minimum absolute atomic E-state index is 0.267. The molecule has 2 aromatic rings. The van der Waals surface area contributed by atoms with Gasteiger partial charge >= 0.3 is 0 Å². The van der Waals surface area contributed by atoms with Gasteiger partial charge in [-0.3, -0.25) is 4.79 Å². The number of likely N-dealkylation sites (tertiary alicyclic amines) is 1. The molecule has 0 radical (unpaired) electrons. The van der Waals surface area contributed by atoms with Gasteiger partial charge in [0.2, 0.25) is 5.91 Å². The summed E-state index contributed by atoms with van der Waals surface area (Å²) >= 11 is 3.56. The Bertz CT molecular complexity index is 830. The number of ether oxygens (including phenoxy) is 2. The molecule has 1 amide bonds. The first-order valence-corrected chi connectivity index (χ1v) is 10.6. The highest BCUT2D eigenvalue weighted by atomic mass is 79.9. The summed E-state index contributed by atoms with van der Waals surface area (Å²) in [5.74, 6) is 1.26. The Morgan fingerprint density at radius 1 is 1.21 bits per heavy atom. The van der Waals surface area contributed by atoms with Gasteiger partial charge in [-0.05, 0) is 70.7 Å². The van der Waals surface area contributed by atoms with Crippen molar-refractivity contribution in [1.82, 2.24) is 10.2 Å². The second-order valence-corrected chi connectivity index (χ2v) is 7.89. The van der Waals surface area contributed by atoms with E-state index in [-0.39, 0.29) is 11.7 Å². The van der Waals surface area contributed by atoms with Gasteiger partial charge in [-0.2, -0.15) is 0 Å². The van der Waals surface area contributed by atoms with Crippen LogP contribution in [0.3, 0.4) is 0 Å². The second kappa shape index (κ2) is 10.6. The molecule has 7 heteroatoms. The van der Waals surface area contributed by atoms with Crippen LogP contribution in [-0.4, -0.2) is 37.6 Å². The topological polar surface area (TPSA) is 50.8 Å². The van der Waals surface area contributed by atoms with E-state index in [1.54, 1.807) is 19.2 Å². The molecule has 0 atom stereocenters. The summed E-state index contributed by atoms with van der Waals surface area (Å²) in [6.45, 7) is 3.56. The van der Waals surface area contributed by atoms with Gasteiger partial charge in [0.25, 0.3) is 0 Å². The van der Waals surface area contributed by atoms with Crippen molar-refractivity contribution in [2.45, 2.75) is 32.4 Å². The minimum atomic E-state index is -0.267. The Morgan fingerprint density at radius 2 is 2.00 bits per heavy atom. The van der Waals surface area contributed by atoms with E-state index in [4.69, 9.17) is 9.47 Å². The summed E-state index contributed by atoms with van der Waals surface area (Å²) < 4.78 is 25.2. The van der Waals surface area contributed by atoms with Crippen LogP contribution in [0.2, 0.25) is 0 Å². The van der Waals surface area contributed by atoms with E-state index in [0.29, 0.717) is 31.1 Å². The molecule has 29 heavy (non-hydrogen) atoms. The van der Waals surface area contributed by atoms with Crippen molar-refractivity contribution in [2.24, 2.45) is 0 Å². The number of methoxy groups -OCH3 is 1. The fourth-order valence-corrected chi connectivity index (χ4v) is 3.92. The molecule has 0 aliphatic carbocycles. The van der Waals surface area contributed by atoms with Crippen LogP contribution in [-0.2, 0) is 17.9 Å². The van der Waals surface area contributed by atoms with Gasteiger partial charge in [-0.25, -0.2) is 4.39 Å². The molecule has 1 aliphatic rings. The molecule has 156 valence electrons. The molecule has 2 aromatic carbocycles. The molecule has 0 unspecified atom stereocenters. The third-order valence-electron chi connectivity index (χ3n) is 4.87. The maximum Gasteiger partial charge on any atom is 0.222 e. The van der Waals surface area contributed by atoms with Gasteiger partial charge < -0.3 is 19.7 Å². The van der Waals surface area contributed by atoms with Crippen LogP contribution >= 0.6 is 15.9 Å². The molecule has 0 aromatic heterocycles. The summed E-state index contributed by atoms with van der Waals surface area (Å²) in [6, 6.07) is 10.2. The molecule has 0 bridgehead atoms. The minimum Gasteiger partial charge on any atom is -0.493 e. The fourth-order valence-electron chi connectivity index (χ4n) is 3.32. The normalized spacial score (nSPS) is 13.8. The lowest BCUT2D eigenvalue weighted by Gasteiger charge is -2.16. The van der Waals surface area contributed by atoms with Crippen molar-refractivity contribution in [3.8, 4) is 11.5 Å². The first kappa shape index (κ1) is 21.6. The van der Waals surface area contributed by atoms with Gasteiger partial charge in [0.1, 0.15) is 12.4 Å². The molecule has 0 saturated carbocycles. The largest absolute Gasteiger partial charge is 0.493 e. The molecular weight excluding hydrogens is 439 g/mol. The van der Waals surface area contributed by atoms with E-state index in [0.717, 1.165) is 48.1 Å². The van der Waals surface area contributed by atoms with Crippen molar-refractivity contribution in [3.05, 3.63) is 57.8 Å². The number of carbonyl (C=O) groups is 1. The molecule has 1 N–H and O–H groups in total. The standard InChI is InChI=1S/C22H26BrFN2O3/c1-28-20-13-17(14-25-9-3-11-26-10-2-4-21(26)27)12-19(23)22(20)29-15-16-5-7-18(24)8-6-16/h5-8,12-13,25H,2-4,9-11,14-15H2,1H3. The smallest absolute Gasteiger partial charge is 0.222 e. The summed E-state index contributed by atoms with van der Waals surface area (Å²) in [4.78, 5) is 13.6. The number of rotatable bonds is 10. The van der Waals surface area contributed by atoms with Gasteiger partial charge in [0.05, 0.1) is 11.6 Å². The van der Waals surface area contributed by atoms with Crippen molar-refractivity contribution >= 4 is 21.8 Å². The van der Waals surface area contributed by atoms with E-state index in [1.165, 1.54) is 12.1 Å². The Labute approximate surface area is 179 Å². The number of benzene rings is 2. The Hall–Kier alpha value is -2.12. The molecule has 1 heterocycles. The van der Waals surface area contributed by atoms with Crippen LogP contribution in [0, 0.1) is 5.82 Å². The first-order valence-electron chi connectivity index (χ1n) is 9.79. The maximum absolute atomic E-state index is 13.0. The number of nitrogens with one attached hydrogen (secondary N) is 1. The van der Waals surface area contributed by atoms with Gasteiger partial charge in [-0.15, -0.1) is 0 Å². The second-order valence-electron chi connectivity index (χ2n) is 7.04. The van der Waals surface area contributed by atoms with Gasteiger partial charge in [-0.1, -0.05) is 12.1 Å². The molecule has 3 rings (SSSR count). The molecule has 1 fully saturated rings. The number of hydrogen-bond donors (Lipinski definition) is 1. The van der Waals surface area contributed by atoms with E-state index in [9.17, 15) is 9.18 Å².